The van der Waals surface area contributed by atoms with Crippen molar-refractivity contribution in [1.82, 2.24) is 10.6 Å². The fraction of sp³-hybridized carbons (Fsp3) is 0.533. The van der Waals surface area contributed by atoms with Crippen LogP contribution < -0.4 is 16.4 Å². The molecule has 0 heterocycles. The third-order valence-corrected chi connectivity index (χ3v) is 3.11. The number of hydrogen-bond acceptors (Lipinski definition) is 2. The van der Waals surface area contributed by atoms with Crippen LogP contribution in [0.15, 0.2) is 24.3 Å². The molecular formula is C15H26N4. The smallest absolute Gasteiger partial charge is 0.185 e. The highest BCUT2D eigenvalue weighted by Crippen LogP contribution is 2.14. The fourth-order valence-corrected chi connectivity index (χ4v) is 1.84. The highest BCUT2D eigenvalue weighted by atomic mass is 15.0. The Hall–Kier alpha value is -1.55. The molecule has 1 aromatic carbocycles. The van der Waals surface area contributed by atoms with Crippen molar-refractivity contribution in [2.45, 2.75) is 33.2 Å². The molecule has 1 rings (SSSR count). The van der Waals surface area contributed by atoms with Crippen molar-refractivity contribution in [3.8, 4) is 0 Å². The van der Waals surface area contributed by atoms with Gasteiger partial charge in [0, 0.05) is 13.1 Å². The van der Waals surface area contributed by atoms with Gasteiger partial charge >= 0.3 is 0 Å². The molecule has 106 valence electrons. The summed E-state index contributed by atoms with van der Waals surface area (Å²) < 4.78 is 0. The average Bonchev–Trinajstić information content (AvgIpc) is 2.37. The van der Waals surface area contributed by atoms with E-state index in [0.717, 1.165) is 19.6 Å². The van der Waals surface area contributed by atoms with E-state index in [1.54, 1.807) is 0 Å². The predicted octanol–water partition coefficient (Wildman–Crippen LogP) is 2.02. The average molecular weight is 262 g/mol. The molecule has 0 amide bonds. The molecule has 4 nitrogen and oxygen atoms in total. The van der Waals surface area contributed by atoms with Crippen LogP contribution in [-0.2, 0) is 6.54 Å². The lowest BCUT2D eigenvalue weighted by Gasteiger charge is -2.14. The summed E-state index contributed by atoms with van der Waals surface area (Å²) in [5.74, 6) is 1.06. The van der Waals surface area contributed by atoms with E-state index in [0.29, 0.717) is 11.8 Å². The maximum Gasteiger partial charge on any atom is 0.185 e. The largest absolute Gasteiger partial charge is 0.370 e. The molecule has 1 atom stereocenters. The van der Waals surface area contributed by atoms with Gasteiger partial charge in [0.05, 0.1) is 0 Å². The zero-order chi connectivity index (χ0) is 14.3. The van der Waals surface area contributed by atoms with Gasteiger partial charge < -0.3 is 16.4 Å². The van der Waals surface area contributed by atoms with Crippen LogP contribution in [0.2, 0.25) is 0 Å². The Labute approximate surface area is 116 Å². The first-order chi connectivity index (χ1) is 8.99. The number of guanidine groups is 1. The molecule has 1 unspecified atom stereocenters. The molecule has 0 bridgehead atoms. The van der Waals surface area contributed by atoms with E-state index in [1.165, 1.54) is 11.1 Å². The van der Waals surface area contributed by atoms with Crippen LogP contribution in [0.3, 0.4) is 0 Å². The number of benzene rings is 1. The van der Waals surface area contributed by atoms with Gasteiger partial charge in [0.1, 0.15) is 0 Å². The van der Waals surface area contributed by atoms with Crippen molar-refractivity contribution in [1.29, 1.82) is 5.41 Å². The van der Waals surface area contributed by atoms with Crippen LogP contribution in [0.1, 0.15) is 37.8 Å². The summed E-state index contributed by atoms with van der Waals surface area (Å²) in [6.07, 6.45) is 0. The van der Waals surface area contributed by atoms with Gasteiger partial charge in [0.25, 0.3) is 0 Å². The van der Waals surface area contributed by atoms with Gasteiger partial charge in [0.15, 0.2) is 5.96 Å². The minimum Gasteiger partial charge on any atom is -0.370 e. The highest BCUT2D eigenvalue weighted by Gasteiger charge is 2.02. The van der Waals surface area contributed by atoms with Crippen molar-refractivity contribution in [2.75, 3.05) is 13.1 Å². The number of nitrogens with one attached hydrogen (secondary N) is 3. The summed E-state index contributed by atoms with van der Waals surface area (Å²) >= 11 is 0. The second-order valence-corrected chi connectivity index (χ2v) is 5.43. The molecule has 0 aliphatic heterocycles. The topological polar surface area (TPSA) is 73.9 Å². The maximum atomic E-state index is 7.10. The van der Waals surface area contributed by atoms with Crippen LogP contribution in [0.25, 0.3) is 0 Å². The summed E-state index contributed by atoms with van der Waals surface area (Å²) in [7, 11) is 0. The summed E-state index contributed by atoms with van der Waals surface area (Å²) in [6, 6.07) is 8.76. The zero-order valence-corrected chi connectivity index (χ0v) is 12.2. The Bertz CT molecular complexity index is 384. The molecule has 19 heavy (non-hydrogen) atoms. The lowest BCUT2D eigenvalue weighted by Crippen LogP contribution is -2.36. The summed E-state index contributed by atoms with van der Waals surface area (Å²) in [5.41, 5.74) is 7.93. The SMILES string of the molecule is CC(CNCc1ccc(C(C)C)cc1)CNC(=N)N. The third kappa shape index (κ3) is 6.25. The van der Waals surface area contributed by atoms with E-state index in [1.807, 2.05) is 0 Å². The van der Waals surface area contributed by atoms with E-state index in [9.17, 15) is 0 Å². The van der Waals surface area contributed by atoms with E-state index in [4.69, 9.17) is 11.1 Å². The molecule has 0 saturated heterocycles. The van der Waals surface area contributed by atoms with Crippen LogP contribution in [0.5, 0.6) is 0 Å². The second kappa shape index (κ2) is 7.79. The van der Waals surface area contributed by atoms with Gasteiger partial charge in [-0.05, 0) is 29.5 Å². The van der Waals surface area contributed by atoms with Crippen LogP contribution >= 0.6 is 0 Å². The minimum absolute atomic E-state index is 0.0381. The summed E-state index contributed by atoms with van der Waals surface area (Å²) in [6.45, 7) is 9.06. The van der Waals surface area contributed by atoms with Crippen LogP contribution in [0.4, 0.5) is 0 Å². The Kier molecular flexibility index (Phi) is 6.36. The standard InChI is InChI=1S/C15H26N4/c1-11(2)14-6-4-13(5-7-14)10-18-8-12(3)9-19-15(16)17/h4-7,11-12,18H,8-10H2,1-3H3,(H4,16,17,19). The summed E-state index contributed by atoms with van der Waals surface area (Å²) in [5, 5.41) is 13.4. The second-order valence-electron chi connectivity index (χ2n) is 5.43. The van der Waals surface area contributed by atoms with Gasteiger partial charge in [0.2, 0.25) is 0 Å². The van der Waals surface area contributed by atoms with E-state index < -0.39 is 0 Å². The first kappa shape index (κ1) is 15.5. The van der Waals surface area contributed by atoms with Crippen molar-refractivity contribution < 1.29 is 0 Å². The lowest BCUT2D eigenvalue weighted by molar-refractivity contribution is 0.504. The molecule has 5 N–H and O–H groups in total. The number of nitrogens with two attached hydrogens (primary N) is 1. The first-order valence-electron chi connectivity index (χ1n) is 6.86. The monoisotopic (exact) mass is 262 g/mol. The number of hydrogen-bond donors (Lipinski definition) is 4. The third-order valence-electron chi connectivity index (χ3n) is 3.11. The molecule has 1 aromatic rings. The molecular weight excluding hydrogens is 236 g/mol. The highest BCUT2D eigenvalue weighted by molar-refractivity contribution is 5.74. The van der Waals surface area contributed by atoms with Crippen molar-refractivity contribution in [3.63, 3.8) is 0 Å². The zero-order valence-electron chi connectivity index (χ0n) is 12.2. The van der Waals surface area contributed by atoms with Gasteiger partial charge in [-0.2, -0.15) is 0 Å². The molecule has 0 fully saturated rings. The molecule has 0 aliphatic carbocycles. The molecule has 4 heteroatoms. The Morgan fingerprint density at radius 1 is 1.16 bits per heavy atom. The molecule has 0 radical (unpaired) electrons. The van der Waals surface area contributed by atoms with Gasteiger partial charge in [-0.1, -0.05) is 45.0 Å². The van der Waals surface area contributed by atoms with Crippen molar-refractivity contribution >= 4 is 5.96 Å². The van der Waals surface area contributed by atoms with Gasteiger partial charge in [-0.15, -0.1) is 0 Å². The van der Waals surface area contributed by atoms with E-state index >= 15 is 0 Å². The van der Waals surface area contributed by atoms with Crippen LogP contribution in [0, 0.1) is 11.3 Å². The van der Waals surface area contributed by atoms with E-state index in [-0.39, 0.29) is 5.96 Å². The maximum absolute atomic E-state index is 7.10. The molecule has 0 aliphatic rings. The summed E-state index contributed by atoms with van der Waals surface area (Å²) in [4.78, 5) is 0. The van der Waals surface area contributed by atoms with Gasteiger partial charge in [-0.25, -0.2) is 0 Å². The van der Waals surface area contributed by atoms with Crippen molar-refractivity contribution in [3.05, 3.63) is 35.4 Å². The molecule has 0 saturated carbocycles. The Morgan fingerprint density at radius 3 is 2.32 bits per heavy atom. The minimum atomic E-state index is 0.0381. The van der Waals surface area contributed by atoms with E-state index in [2.05, 4.69) is 55.7 Å². The molecule has 0 aromatic heterocycles. The van der Waals surface area contributed by atoms with Crippen molar-refractivity contribution in [2.24, 2.45) is 11.7 Å². The molecule has 0 spiro atoms. The van der Waals surface area contributed by atoms with Crippen LogP contribution in [-0.4, -0.2) is 19.0 Å². The predicted molar refractivity (Wildman–Crippen MR) is 81.3 cm³/mol. The Morgan fingerprint density at radius 2 is 1.79 bits per heavy atom. The Balaban J connectivity index is 2.27. The number of rotatable bonds is 7. The van der Waals surface area contributed by atoms with Gasteiger partial charge in [-0.3, -0.25) is 5.41 Å². The fourth-order valence-electron chi connectivity index (χ4n) is 1.84. The quantitative estimate of drug-likeness (QED) is 0.449. The first-order valence-corrected chi connectivity index (χ1v) is 6.86. The normalized spacial score (nSPS) is 12.4. The lowest BCUT2D eigenvalue weighted by atomic mass is 10.0.